The molecular weight excluding hydrogens is 254 g/mol. The SMILES string of the molecule is CN(CCNC(=O)c1ccc(NN)cn1)C1CCCC1. The van der Waals surface area contributed by atoms with Crippen LogP contribution in [0.3, 0.4) is 0 Å². The third-order valence-corrected chi connectivity index (χ3v) is 3.86. The van der Waals surface area contributed by atoms with Crippen molar-refractivity contribution in [2.45, 2.75) is 31.7 Å². The Morgan fingerprint density at radius 1 is 1.45 bits per heavy atom. The van der Waals surface area contributed by atoms with E-state index in [-0.39, 0.29) is 5.91 Å². The lowest BCUT2D eigenvalue weighted by molar-refractivity contribution is 0.0942. The summed E-state index contributed by atoms with van der Waals surface area (Å²) in [5.74, 6) is 5.11. The van der Waals surface area contributed by atoms with Crippen LogP contribution < -0.4 is 16.6 Å². The van der Waals surface area contributed by atoms with Gasteiger partial charge < -0.3 is 15.6 Å². The van der Waals surface area contributed by atoms with Crippen LogP contribution in [0.5, 0.6) is 0 Å². The van der Waals surface area contributed by atoms with Crippen LogP contribution in [0.1, 0.15) is 36.2 Å². The summed E-state index contributed by atoms with van der Waals surface area (Å²) in [5, 5.41) is 2.90. The van der Waals surface area contributed by atoms with Crippen molar-refractivity contribution in [1.29, 1.82) is 0 Å². The molecule has 1 aromatic rings. The number of nitrogens with zero attached hydrogens (tertiary/aromatic N) is 2. The molecule has 1 aromatic heterocycles. The van der Waals surface area contributed by atoms with Crippen LogP contribution in [0.25, 0.3) is 0 Å². The van der Waals surface area contributed by atoms with Gasteiger partial charge in [0, 0.05) is 19.1 Å². The van der Waals surface area contributed by atoms with E-state index in [9.17, 15) is 4.79 Å². The largest absolute Gasteiger partial charge is 0.349 e. The van der Waals surface area contributed by atoms with E-state index in [1.807, 2.05) is 0 Å². The number of hydrazine groups is 1. The highest BCUT2D eigenvalue weighted by Crippen LogP contribution is 2.21. The molecule has 4 N–H and O–H groups in total. The van der Waals surface area contributed by atoms with Gasteiger partial charge in [-0.1, -0.05) is 12.8 Å². The van der Waals surface area contributed by atoms with Gasteiger partial charge in [0.15, 0.2) is 0 Å². The fraction of sp³-hybridized carbons (Fsp3) is 0.571. The fourth-order valence-electron chi connectivity index (χ4n) is 2.58. The summed E-state index contributed by atoms with van der Waals surface area (Å²) in [6.07, 6.45) is 6.75. The third-order valence-electron chi connectivity index (χ3n) is 3.86. The predicted octanol–water partition coefficient (Wildman–Crippen LogP) is 0.971. The number of rotatable bonds is 6. The molecule has 1 amide bonds. The van der Waals surface area contributed by atoms with Gasteiger partial charge in [0.1, 0.15) is 5.69 Å². The van der Waals surface area contributed by atoms with Gasteiger partial charge in [-0.25, -0.2) is 4.98 Å². The average molecular weight is 277 g/mol. The van der Waals surface area contributed by atoms with Crippen LogP contribution in [0.4, 0.5) is 5.69 Å². The number of likely N-dealkylation sites (N-methyl/N-ethyl adjacent to an activating group) is 1. The van der Waals surface area contributed by atoms with Crippen molar-refractivity contribution in [3.8, 4) is 0 Å². The number of hydrogen-bond acceptors (Lipinski definition) is 5. The lowest BCUT2D eigenvalue weighted by Crippen LogP contribution is -2.37. The van der Waals surface area contributed by atoms with Crippen LogP contribution in [0.15, 0.2) is 18.3 Å². The van der Waals surface area contributed by atoms with E-state index in [2.05, 4.69) is 27.7 Å². The molecule has 0 unspecified atom stereocenters. The number of pyridine rings is 1. The first-order valence-electron chi connectivity index (χ1n) is 7.12. The van der Waals surface area contributed by atoms with Gasteiger partial charge in [-0.2, -0.15) is 0 Å². The van der Waals surface area contributed by atoms with Gasteiger partial charge in [0.2, 0.25) is 0 Å². The summed E-state index contributed by atoms with van der Waals surface area (Å²) < 4.78 is 0. The zero-order valence-electron chi connectivity index (χ0n) is 11.9. The molecule has 110 valence electrons. The van der Waals surface area contributed by atoms with Gasteiger partial charge in [-0.15, -0.1) is 0 Å². The Morgan fingerprint density at radius 3 is 2.80 bits per heavy atom. The van der Waals surface area contributed by atoms with Gasteiger partial charge in [0.25, 0.3) is 5.91 Å². The molecule has 1 aliphatic rings. The van der Waals surface area contributed by atoms with Crippen molar-refractivity contribution in [3.05, 3.63) is 24.0 Å². The molecule has 1 aliphatic carbocycles. The molecule has 0 spiro atoms. The number of hydrogen-bond donors (Lipinski definition) is 3. The number of carbonyl (C=O) groups is 1. The van der Waals surface area contributed by atoms with Gasteiger partial charge in [-0.05, 0) is 32.0 Å². The first-order chi connectivity index (χ1) is 9.70. The second-order valence-electron chi connectivity index (χ2n) is 5.25. The van der Waals surface area contributed by atoms with E-state index in [0.717, 1.165) is 6.54 Å². The normalized spacial score (nSPS) is 15.6. The van der Waals surface area contributed by atoms with Gasteiger partial charge in [0.05, 0.1) is 11.9 Å². The van der Waals surface area contributed by atoms with E-state index in [0.29, 0.717) is 24.0 Å². The summed E-state index contributed by atoms with van der Waals surface area (Å²) in [6.45, 7) is 1.52. The van der Waals surface area contributed by atoms with Gasteiger partial charge in [-0.3, -0.25) is 10.6 Å². The smallest absolute Gasteiger partial charge is 0.269 e. The summed E-state index contributed by atoms with van der Waals surface area (Å²) >= 11 is 0. The van der Waals surface area contributed by atoms with Gasteiger partial charge >= 0.3 is 0 Å². The first kappa shape index (κ1) is 14.7. The molecule has 0 atom stereocenters. The van der Waals surface area contributed by atoms with Crippen LogP contribution in [-0.2, 0) is 0 Å². The van der Waals surface area contributed by atoms with E-state index in [4.69, 9.17) is 5.84 Å². The lowest BCUT2D eigenvalue weighted by Gasteiger charge is -2.23. The Bertz CT molecular complexity index is 428. The number of nitrogens with one attached hydrogen (secondary N) is 2. The quantitative estimate of drug-likeness (QED) is 0.533. The second kappa shape index (κ2) is 7.21. The maximum absolute atomic E-state index is 11.9. The molecule has 1 saturated carbocycles. The minimum atomic E-state index is -0.145. The number of anilines is 1. The maximum atomic E-state index is 11.9. The van der Waals surface area contributed by atoms with E-state index in [1.165, 1.54) is 25.7 Å². The summed E-state index contributed by atoms with van der Waals surface area (Å²) in [6, 6.07) is 4.07. The Labute approximate surface area is 119 Å². The molecule has 0 radical (unpaired) electrons. The molecule has 1 fully saturated rings. The monoisotopic (exact) mass is 277 g/mol. The van der Waals surface area contributed by atoms with Crippen molar-refractivity contribution >= 4 is 11.6 Å². The molecule has 0 saturated heterocycles. The fourth-order valence-corrected chi connectivity index (χ4v) is 2.58. The Kier molecular flexibility index (Phi) is 5.31. The molecule has 1 heterocycles. The highest BCUT2D eigenvalue weighted by molar-refractivity contribution is 5.92. The summed E-state index contributed by atoms with van der Waals surface area (Å²) in [5.41, 5.74) is 3.57. The summed E-state index contributed by atoms with van der Waals surface area (Å²) in [4.78, 5) is 18.3. The predicted molar refractivity (Wildman–Crippen MR) is 79.3 cm³/mol. The Morgan fingerprint density at radius 2 is 2.20 bits per heavy atom. The van der Waals surface area contributed by atoms with E-state index >= 15 is 0 Å². The molecule has 0 aliphatic heterocycles. The van der Waals surface area contributed by atoms with E-state index in [1.54, 1.807) is 18.3 Å². The Hall–Kier alpha value is -1.66. The van der Waals surface area contributed by atoms with Crippen LogP contribution >= 0.6 is 0 Å². The molecule has 0 aromatic carbocycles. The first-order valence-corrected chi connectivity index (χ1v) is 7.12. The highest BCUT2D eigenvalue weighted by Gasteiger charge is 2.19. The minimum absolute atomic E-state index is 0.145. The van der Waals surface area contributed by atoms with Crippen molar-refractivity contribution in [1.82, 2.24) is 15.2 Å². The topological polar surface area (TPSA) is 83.3 Å². The number of aromatic nitrogens is 1. The zero-order chi connectivity index (χ0) is 14.4. The summed E-state index contributed by atoms with van der Waals surface area (Å²) in [7, 11) is 2.13. The molecule has 6 heteroatoms. The van der Waals surface area contributed by atoms with Crippen molar-refractivity contribution < 1.29 is 4.79 Å². The van der Waals surface area contributed by atoms with Crippen LogP contribution in [0, 0.1) is 0 Å². The average Bonchev–Trinajstić information content (AvgIpc) is 3.01. The van der Waals surface area contributed by atoms with Crippen molar-refractivity contribution in [3.63, 3.8) is 0 Å². The molecule has 2 rings (SSSR count). The minimum Gasteiger partial charge on any atom is -0.349 e. The second-order valence-corrected chi connectivity index (χ2v) is 5.25. The third kappa shape index (κ3) is 3.91. The highest BCUT2D eigenvalue weighted by atomic mass is 16.1. The molecule has 6 nitrogen and oxygen atoms in total. The zero-order valence-corrected chi connectivity index (χ0v) is 11.9. The number of nitrogens with two attached hydrogens (primary N) is 1. The number of amides is 1. The van der Waals surface area contributed by atoms with Crippen LogP contribution in [-0.4, -0.2) is 42.0 Å². The Balaban J connectivity index is 1.73. The van der Waals surface area contributed by atoms with E-state index < -0.39 is 0 Å². The van der Waals surface area contributed by atoms with Crippen molar-refractivity contribution in [2.24, 2.45) is 5.84 Å². The van der Waals surface area contributed by atoms with Crippen molar-refractivity contribution in [2.75, 3.05) is 25.6 Å². The molecule has 0 bridgehead atoms. The maximum Gasteiger partial charge on any atom is 0.269 e. The lowest BCUT2D eigenvalue weighted by atomic mass is 10.2. The standard InChI is InChI=1S/C14H23N5O/c1-19(12-4-2-3-5-12)9-8-16-14(20)13-7-6-11(18-15)10-17-13/h6-7,10,12,18H,2-5,8-9,15H2,1H3,(H,16,20). The molecular formula is C14H23N5O. The number of carbonyl (C=O) groups excluding carboxylic acids is 1. The molecule has 20 heavy (non-hydrogen) atoms. The van der Waals surface area contributed by atoms with Crippen LogP contribution in [0.2, 0.25) is 0 Å². The number of nitrogen functional groups attached to an aromatic ring is 1.